The summed E-state index contributed by atoms with van der Waals surface area (Å²) >= 11 is 11.9. The summed E-state index contributed by atoms with van der Waals surface area (Å²) in [5.41, 5.74) is 6.43. The number of carbonyl (C=O) groups excluding carboxylic acids is 3. The van der Waals surface area contributed by atoms with E-state index in [0.717, 1.165) is 6.07 Å². The Balaban J connectivity index is 2.02. The van der Waals surface area contributed by atoms with Gasteiger partial charge in [-0.05, 0) is 30.3 Å². The second-order valence-corrected chi connectivity index (χ2v) is 7.06. The van der Waals surface area contributed by atoms with Gasteiger partial charge in [0.25, 0.3) is 11.8 Å². The molecule has 0 fully saturated rings. The Bertz CT molecular complexity index is 1250. The molecule has 172 valence electrons. The normalized spacial score (nSPS) is 11.1. The zero-order valence-electron chi connectivity index (χ0n) is 16.1. The lowest BCUT2D eigenvalue weighted by Gasteiger charge is -2.13. The molecule has 0 unspecified atom stereocenters. The van der Waals surface area contributed by atoms with Crippen LogP contribution in [0.15, 0.2) is 42.6 Å². The number of benzene rings is 1. The van der Waals surface area contributed by atoms with Crippen molar-refractivity contribution in [3.63, 3.8) is 0 Å². The summed E-state index contributed by atoms with van der Waals surface area (Å²) in [6, 6.07) is 5.95. The highest BCUT2D eigenvalue weighted by Crippen LogP contribution is 2.31. The fraction of sp³-hybridized carbons (Fsp3) is 0.0556. The maximum Gasteiger partial charge on any atom is 0.435 e. The molecule has 0 radical (unpaired) electrons. The zero-order valence-corrected chi connectivity index (χ0v) is 17.6. The van der Waals surface area contributed by atoms with Gasteiger partial charge in [-0.3, -0.25) is 15.0 Å². The highest BCUT2D eigenvalue weighted by Gasteiger charge is 2.36. The van der Waals surface area contributed by atoms with Crippen molar-refractivity contribution in [2.75, 3.05) is 5.32 Å². The van der Waals surface area contributed by atoms with Gasteiger partial charge in [-0.1, -0.05) is 23.2 Å². The second kappa shape index (κ2) is 9.34. The average Bonchev–Trinajstić information content (AvgIpc) is 3.19. The van der Waals surface area contributed by atoms with Gasteiger partial charge >= 0.3 is 12.2 Å². The molecular formula is C18H12Cl2F3N7O3. The minimum atomic E-state index is -4.87. The van der Waals surface area contributed by atoms with E-state index in [1.54, 1.807) is 0 Å². The first-order valence-corrected chi connectivity index (χ1v) is 9.48. The van der Waals surface area contributed by atoms with E-state index in [1.165, 1.54) is 30.5 Å². The number of rotatable bonds is 4. The van der Waals surface area contributed by atoms with E-state index in [1.807, 2.05) is 10.9 Å². The van der Waals surface area contributed by atoms with E-state index in [2.05, 4.69) is 15.4 Å². The van der Waals surface area contributed by atoms with Crippen LogP contribution in [-0.4, -0.2) is 32.6 Å². The third-order valence-electron chi connectivity index (χ3n) is 3.95. The Morgan fingerprint density at radius 2 is 1.76 bits per heavy atom. The van der Waals surface area contributed by atoms with Crippen molar-refractivity contribution in [1.29, 1.82) is 0 Å². The molecule has 0 saturated carbocycles. The quantitative estimate of drug-likeness (QED) is 0.406. The Kier molecular flexibility index (Phi) is 6.74. The van der Waals surface area contributed by atoms with Crippen LogP contribution < -0.4 is 21.9 Å². The van der Waals surface area contributed by atoms with E-state index in [0.29, 0.717) is 10.7 Å². The molecule has 1 aromatic carbocycles. The highest BCUT2D eigenvalue weighted by molar-refractivity contribution is 6.32. The molecular weight excluding hydrogens is 490 g/mol. The molecule has 0 aliphatic heterocycles. The van der Waals surface area contributed by atoms with Crippen LogP contribution in [0.4, 0.5) is 23.7 Å². The first-order chi connectivity index (χ1) is 15.5. The van der Waals surface area contributed by atoms with Crippen molar-refractivity contribution in [1.82, 2.24) is 25.6 Å². The van der Waals surface area contributed by atoms with E-state index in [-0.39, 0.29) is 27.1 Å². The summed E-state index contributed by atoms with van der Waals surface area (Å²) in [5, 5.41) is 5.77. The molecule has 15 heteroatoms. The molecule has 10 nitrogen and oxygen atoms in total. The number of halogens is 5. The number of hydrazine groups is 1. The lowest BCUT2D eigenvalue weighted by Crippen LogP contribution is -2.44. The van der Waals surface area contributed by atoms with Crippen LogP contribution in [0.2, 0.25) is 10.0 Å². The minimum Gasteiger partial charge on any atom is -0.350 e. The van der Waals surface area contributed by atoms with Crippen molar-refractivity contribution in [3.8, 4) is 5.82 Å². The van der Waals surface area contributed by atoms with Crippen LogP contribution in [0.3, 0.4) is 0 Å². The Morgan fingerprint density at radius 3 is 2.39 bits per heavy atom. The van der Waals surface area contributed by atoms with Gasteiger partial charge in [-0.25, -0.2) is 19.9 Å². The molecule has 3 aromatic rings. The first kappa shape index (κ1) is 23.8. The second-order valence-electron chi connectivity index (χ2n) is 6.22. The van der Waals surface area contributed by atoms with Crippen molar-refractivity contribution < 1.29 is 27.6 Å². The molecule has 0 aliphatic carbocycles. The number of nitrogens with one attached hydrogen (secondary N) is 3. The lowest BCUT2D eigenvalue weighted by molar-refractivity contribution is -0.141. The minimum absolute atomic E-state index is 0.0625. The first-order valence-electron chi connectivity index (χ1n) is 8.72. The predicted octanol–water partition coefficient (Wildman–Crippen LogP) is 3.16. The van der Waals surface area contributed by atoms with Crippen molar-refractivity contribution in [2.45, 2.75) is 6.18 Å². The van der Waals surface area contributed by atoms with Crippen molar-refractivity contribution in [2.24, 2.45) is 5.73 Å². The van der Waals surface area contributed by atoms with Gasteiger partial charge in [-0.2, -0.15) is 18.3 Å². The SMILES string of the molecule is NC(=O)NNC(=O)c1cc(Cl)ccc1NC(=O)c1cc(C(F)(F)F)nn1-c1ncccc1Cl. The topological polar surface area (TPSA) is 144 Å². The van der Waals surface area contributed by atoms with Gasteiger partial charge in [0.15, 0.2) is 11.5 Å². The monoisotopic (exact) mass is 501 g/mol. The summed E-state index contributed by atoms with van der Waals surface area (Å²) in [6.45, 7) is 0. The number of anilines is 1. The summed E-state index contributed by atoms with van der Waals surface area (Å²) in [7, 11) is 0. The number of alkyl halides is 3. The summed E-state index contributed by atoms with van der Waals surface area (Å²) in [5.74, 6) is -2.21. The van der Waals surface area contributed by atoms with Gasteiger partial charge in [0.2, 0.25) is 0 Å². The van der Waals surface area contributed by atoms with Crippen molar-refractivity contribution >= 4 is 46.7 Å². The number of hydrogen-bond donors (Lipinski definition) is 4. The van der Waals surface area contributed by atoms with Gasteiger partial charge in [0.05, 0.1) is 16.3 Å². The fourth-order valence-corrected chi connectivity index (χ4v) is 2.94. The largest absolute Gasteiger partial charge is 0.435 e. The third-order valence-corrected chi connectivity index (χ3v) is 4.48. The molecule has 5 N–H and O–H groups in total. The third kappa shape index (κ3) is 5.51. The number of carbonyl (C=O) groups is 3. The number of pyridine rings is 1. The molecule has 0 saturated heterocycles. The van der Waals surface area contributed by atoms with Crippen LogP contribution >= 0.6 is 23.2 Å². The van der Waals surface area contributed by atoms with Gasteiger partial charge in [-0.15, -0.1) is 0 Å². The van der Waals surface area contributed by atoms with Crippen molar-refractivity contribution in [3.05, 3.63) is 69.6 Å². The van der Waals surface area contributed by atoms with Crippen LogP contribution in [0.1, 0.15) is 26.5 Å². The number of amides is 4. The lowest BCUT2D eigenvalue weighted by atomic mass is 10.1. The van der Waals surface area contributed by atoms with E-state index >= 15 is 0 Å². The molecule has 0 atom stereocenters. The molecule has 2 aromatic heterocycles. The summed E-state index contributed by atoms with van der Waals surface area (Å²) < 4.78 is 40.5. The van der Waals surface area contributed by atoms with E-state index in [9.17, 15) is 27.6 Å². The molecule has 0 spiro atoms. The fourth-order valence-electron chi connectivity index (χ4n) is 2.56. The maximum absolute atomic E-state index is 13.3. The Hall–Kier alpha value is -3.84. The standard InChI is InChI=1S/C18H12Cl2F3N7O3/c19-8-3-4-11(9(6-8)15(31)27-28-17(24)33)26-16(32)12-7-13(18(21,22)23)29-30(12)14-10(20)2-1-5-25-14/h1-7H,(H,26,32)(H,27,31)(H3,24,28,33). The van der Waals surface area contributed by atoms with Crippen LogP contribution in [0.5, 0.6) is 0 Å². The Morgan fingerprint density at radius 1 is 1.03 bits per heavy atom. The van der Waals surface area contributed by atoms with E-state index < -0.39 is 35.4 Å². The van der Waals surface area contributed by atoms with Crippen LogP contribution in [-0.2, 0) is 6.18 Å². The van der Waals surface area contributed by atoms with Gasteiger partial charge < -0.3 is 11.1 Å². The van der Waals surface area contributed by atoms with Crippen LogP contribution in [0, 0.1) is 0 Å². The predicted molar refractivity (Wildman–Crippen MR) is 111 cm³/mol. The number of primary amides is 1. The number of nitrogens with zero attached hydrogens (tertiary/aromatic N) is 3. The number of nitrogens with two attached hydrogens (primary N) is 1. The van der Waals surface area contributed by atoms with Crippen LogP contribution in [0.25, 0.3) is 5.82 Å². The smallest absolute Gasteiger partial charge is 0.350 e. The highest BCUT2D eigenvalue weighted by atomic mass is 35.5. The molecule has 0 aliphatic rings. The average molecular weight is 502 g/mol. The molecule has 4 amide bonds. The summed E-state index contributed by atoms with van der Waals surface area (Å²) in [6.07, 6.45) is -3.61. The number of hydrogen-bond acceptors (Lipinski definition) is 5. The molecule has 2 heterocycles. The maximum atomic E-state index is 13.3. The molecule has 33 heavy (non-hydrogen) atoms. The Labute approximate surface area is 192 Å². The van der Waals surface area contributed by atoms with Gasteiger partial charge in [0.1, 0.15) is 5.69 Å². The zero-order chi connectivity index (χ0) is 24.3. The van der Waals surface area contributed by atoms with Gasteiger partial charge in [0, 0.05) is 17.3 Å². The molecule has 3 rings (SSSR count). The molecule has 0 bridgehead atoms. The number of urea groups is 1. The summed E-state index contributed by atoms with van der Waals surface area (Å²) in [4.78, 5) is 39.9. The van der Waals surface area contributed by atoms with E-state index in [4.69, 9.17) is 28.9 Å². The number of aromatic nitrogens is 3.